The van der Waals surface area contributed by atoms with Crippen molar-refractivity contribution in [3.05, 3.63) is 28.8 Å². The molecule has 1 aromatic rings. The number of nitrogens with one attached hydrogen (secondary N) is 2. The van der Waals surface area contributed by atoms with Crippen LogP contribution in [0.3, 0.4) is 0 Å². The van der Waals surface area contributed by atoms with Gasteiger partial charge in [0.1, 0.15) is 11.3 Å². The summed E-state index contributed by atoms with van der Waals surface area (Å²) >= 11 is 0. The number of rotatable bonds is 2. The second kappa shape index (κ2) is 5.00. The number of carbonyl (C=O) groups is 1. The summed E-state index contributed by atoms with van der Waals surface area (Å²) in [6, 6.07) is 3.30. The summed E-state index contributed by atoms with van der Waals surface area (Å²) in [5.74, 6) is -0.112. The SMILES string of the molecule is CC(C)(F)c1cc(C(C)(C)F)c2c(c1)[C@]1(CCCNC1)C(=O)N2. The zero-order chi connectivity index (χ0) is 17.0. The van der Waals surface area contributed by atoms with E-state index < -0.39 is 16.8 Å². The van der Waals surface area contributed by atoms with E-state index in [-0.39, 0.29) is 5.91 Å². The third-order valence-electron chi connectivity index (χ3n) is 5.04. The first-order valence-corrected chi connectivity index (χ1v) is 8.15. The van der Waals surface area contributed by atoms with Crippen molar-refractivity contribution >= 4 is 11.6 Å². The Balaban J connectivity index is 2.26. The Hall–Kier alpha value is -1.49. The number of carbonyl (C=O) groups excluding carboxylic acids is 1. The first-order chi connectivity index (χ1) is 10.6. The van der Waals surface area contributed by atoms with E-state index in [1.54, 1.807) is 12.1 Å². The highest BCUT2D eigenvalue weighted by molar-refractivity contribution is 6.07. The first-order valence-electron chi connectivity index (χ1n) is 8.15. The molecule has 0 radical (unpaired) electrons. The molecule has 2 aliphatic heterocycles. The van der Waals surface area contributed by atoms with E-state index in [0.717, 1.165) is 18.5 Å². The predicted molar refractivity (Wildman–Crippen MR) is 87.1 cm³/mol. The molecule has 2 N–H and O–H groups in total. The Morgan fingerprint density at radius 1 is 1.13 bits per heavy atom. The molecule has 126 valence electrons. The lowest BCUT2D eigenvalue weighted by Crippen LogP contribution is -2.48. The van der Waals surface area contributed by atoms with Gasteiger partial charge in [-0.15, -0.1) is 0 Å². The molecule has 3 rings (SSSR count). The number of hydrogen-bond donors (Lipinski definition) is 2. The van der Waals surface area contributed by atoms with Crippen LogP contribution in [0.2, 0.25) is 0 Å². The van der Waals surface area contributed by atoms with Gasteiger partial charge in [0.15, 0.2) is 0 Å². The lowest BCUT2D eigenvalue weighted by atomic mass is 9.73. The van der Waals surface area contributed by atoms with Crippen LogP contribution in [0.5, 0.6) is 0 Å². The Kier molecular flexibility index (Phi) is 3.56. The molecular weight excluding hydrogens is 298 g/mol. The number of hydrogen-bond acceptors (Lipinski definition) is 2. The van der Waals surface area contributed by atoms with Crippen molar-refractivity contribution in [3.63, 3.8) is 0 Å². The Morgan fingerprint density at radius 2 is 1.83 bits per heavy atom. The molecule has 1 atom stereocenters. The van der Waals surface area contributed by atoms with Gasteiger partial charge >= 0.3 is 0 Å². The second-order valence-electron chi connectivity index (χ2n) is 7.71. The maximum absolute atomic E-state index is 14.7. The quantitative estimate of drug-likeness (QED) is 0.872. The molecule has 0 aromatic heterocycles. The number of anilines is 1. The Morgan fingerprint density at radius 3 is 2.35 bits per heavy atom. The van der Waals surface area contributed by atoms with Crippen LogP contribution in [-0.4, -0.2) is 19.0 Å². The average molecular weight is 322 g/mol. The minimum atomic E-state index is -1.66. The molecule has 1 amide bonds. The van der Waals surface area contributed by atoms with E-state index in [0.29, 0.717) is 29.8 Å². The number of benzene rings is 1. The summed E-state index contributed by atoms with van der Waals surface area (Å²) in [6.07, 6.45) is 1.56. The lowest BCUT2D eigenvalue weighted by Gasteiger charge is -2.33. The summed E-state index contributed by atoms with van der Waals surface area (Å²) in [7, 11) is 0. The topological polar surface area (TPSA) is 41.1 Å². The third kappa shape index (κ3) is 2.55. The van der Waals surface area contributed by atoms with Crippen molar-refractivity contribution in [1.29, 1.82) is 0 Å². The van der Waals surface area contributed by atoms with Crippen LogP contribution in [0.1, 0.15) is 57.2 Å². The first kappa shape index (κ1) is 16.4. The van der Waals surface area contributed by atoms with E-state index in [9.17, 15) is 13.6 Å². The molecule has 2 aliphatic rings. The van der Waals surface area contributed by atoms with Gasteiger partial charge in [-0.1, -0.05) is 0 Å². The minimum absolute atomic E-state index is 0.112. The molecule has 0 aliphatic carbocycles. The molecule has 1 saturated heterocycles. The molecule has 1 spiro atoms. The fourth-order valence-electron chi connectivity index (χ4n) is 3.65. The summed E-state index contributed by atoms with van der Waals surface area (Å²) in [4.78, 5) is 12.7. The van der Waals surface area contributed by atoms with Crippen LogP contribution in [0.25, 0.3) is 0 Å². The van der Waals surface area contributed by atoms with Gasteiger partial charge in [-0.3, -0.25) is 4.79 Å². The van der Waals surface area contributed by atoms with Crippen molar-refractivity contribution in [3.8, 4) is 0 Å². The highest BCUT2D eigenvalue weighted by Crippen LogP contribution is 2.48. The summed E-state index contributed by atoms with van der Waals surface area (Å²) in [5, 5.41) is 6.13. The van der Waals surface area contributed by atoms with E-state index in [4.69, 9.17) is 0 Å². The molecule has 3 nitrogen and oxygen atoms in total. The van der Waals surface area contributed by atoms with Gasteiger partial charge in [0.05, 0.1) is 11.1 Å². The summed E-state index contributed by atoms with van der Waals surface area (Å²) in [5.41, 5.74) is -1.94. The van der Waals surface area contributed by atoms with Gasteiger partial charge in [-0.25, -0.2) is 8.78 Å². The van der Waals surface area contributed by atoms with E-state index in [2.05, 4.69) is 10.6 Å². The van der Waals surface area contributed by atoms with Crippen LogP contribution < -0.4 is 10.6 Å². The maximum Gasteiger partial charge on any atom is 0.236 e. The zero-order valence-electron chi connectivity index (χ0n) is 14.1. The van der Waals surface area contributed by atoms with Crippen LogP contribution >= 0.6 is 0 Å². The van der Waals surface area contributed by atoms with Crippen LogP contribution in [-0.2, 0) is 21.5 Å². The molecule has 0 unspecified atom stereocenters. The molecule has 1 aromatic carbocycles. The Bertz CT molecular complexity index is 650. The number of piperidine rings is 1. The van der Waals surface area contributed by atoms with Gasteiger partial charge in [-0.2, -0.15) is 0 Å². The smallest absolute Gasteiger partial charge is 0.236 e. The van der Waals surface area contributed by atoms with Crippen molar-refractivity contribution < 1.29 is 13.6 Å². The van der Waals surface area contributed by atoms with Gasteiger partial charge in [0.25, 0.3) is 0 Å². The average Bonchev–Trinajstić information content (AvgIpc) is 2.70. The largest absolute Gasteiger partial charge is 0.325 e. The van der Waals surface area contributed by atoms with Gasteiger partial charge in [0.2, 0.25) is 5.91 Å². The monoisotopic (exact) mass is 322 g/mol. The van der Waals surface area contributed by atoms with Crippen molar-refractivity contribution in [2.45, 2.75) is 57.3 Å². The normalized spacial score (nSPS) is 24.7. The standard InChI is InChI=1S/C18H24F2N2O/c1-16(2,19)11-8-12(17(3,4)20)14-13(9-11)18(15(23)22-14)6-5-7-21-10-18/h8-9,21H,5-7,10H2,1-4H3,(H,22,23)/t18-/m1/s1. The Labute approximate surface area is 135 Å². The second-order valence-corrected chi connectivity index (χ2v) is 7.71. The van der Waals surface area contributed by atoms with Crippen LogP contribution in [0.4, 0.5) is 14.5 Å². The lowest BCUT2D eigenvalue weighted by molar-refractivity contribution is -0.121. The van der Waals surface area contributed by atoms with Crippen LogP contribution in [0.15, 0.2) is 12.1 Å². The van der Waals surface area contributed by atoms with Crippen molar-refractivity contribution in [2.75, 3.05) is 18.4 Å². The number of amides is 1. The third-order valence-corrected chi connectivity index (χ3v) is 5.04. The maximum atomic E-state index is 14.7. The fourth-order valence-corrected chi connectivity index (χ4v) is 3.65. The molecule has 2 heterocycles. The molecule has 1 fully saturated rings. The molecule has 0 bridgehead atoms. The summed E-state index contributed by atoms with van der Waals surface area (Å²) in [6.45, 7) is 7.16. The van der Waals surface area contributed by atoms with Gasteiger partial charge in [-0.05, 0) is 70.3 Å². The van der Waals surface area contributed by atoms with Gasteiger partial charge in [0, 0.05) is 12.1 Å². The minimum Gasteiger partial charge on any atom is -0.325 e. The highest BCUT2D eigenvalue weighted by Gasteiger charge is 2.49. The molecule has 5 heteroatoms. The van der Waals surface area contributed by atoms with E-state index >= 15 is 0 Å². The predicted octanol–water partition coefficient (Wildman–Crippen LogP) is 3.67. The number of fused-ring (bicyclic) bond motifs is 2. The molecular formula is C18H24F2N2O. The zero-order valence-corrected chi connectivity index (χ0v) is 14.1. The fraction of sp³-hybridized carbons (Fsp3) is 0.611. The molecule has 0 saturated carbocycles. The van der Waals surface area contributed by atoms with E-state index in [1.807, 2.05) is 0 Å². The van der Waals surface area contributed by atoms with Crippen molar-refractivity contribution in [1.82, 2.24) is 5.32 Å². The molecule has 23 heavy (non-hydrogen) atoms. The highest BCUT2D eigenvalue weighted by atomic mass is 19.1. The van der Waals surface area contributed by atoms with Gasteiger partial charge < -0.3 is 10.6 Å². The van der Waals surface area contributed by atoms with Crippen molar-refractivity contribution in [2.24, 2.45) is 0 Å². The summed E-state index contributed by atoms with van der Waals surface area (Å²) < 4.78 is 29.3. The van der Waals surface area contributed by atoms with Crippen LogP contribution in [0, 0.1) is 0 Å². The van der Waals surface area contributed by atoms with E-state index in [1.165, 1.54) is 27.7 Å². The number of halogens is 2. The number of alkyl halides is 2.